The zero-order valence-electron chi connectivity index (χ0n) is 29.3. The Labute approximate surface area is 311 Å². The van der Waals surface area contributed by atoms with E-state index >= 15 is 0 Å². The summed E-state index contributed by atoms with van der Waals surface area (Å²) >= 11 is 1.91. The van der Waals surface area contributed by atoms with Gasteiger partial charge in [0.25, 0.3) is 0 Å². The van der Waals surface area contributed by atoms with Crippen LogP contribution in [0.3, 0.4) is 0 Å². The van der Waals surface area contributed by atoms with Crippen LogP contribution in [0.15, 0.2) is 164 Å². The Hall–Kier alpha value is -6.36. The van der Waals surface area contributed by atoms with E-state index in [1.54, 1.807) is 0 Å². The molecule has 0 saturated heterocycles. The number of rotatable bonds is 4. The molecule has 0 atom stereocenters. The maximum absolute atomic E-state index is 5.43. The molecular formula is C49H33N3S. The van der Waals surface area contributed by atoms with Gasteiger partial charge in [-0.25, -0.2) is 9.97 Å². The largest absolute Gasteiger partial charge is 0.276 e. The quantitative estimate of drug-likeness (QED) is 0.183. The number of thiophene rings is 1. The second kappa shape index (κ2) is 11.3. The van der Waals surface area contributed by atoms with Gasteiger partial charge < -0.3 is 0 Å². The fourth-order valence-corrected chi connectivity index (χ4v) is 10.2. The fourth-order valence-electron chi connectivity index (χ4n) is 8.70. The van der Waals surface area contributed by atoms with Gasteiger partial charge in [0, 0.05) is 32.0 Å². The Morgan fingerprint density at radius 2 is 1.17 bits per heavy atom. The first-order chi connectivity index (χ1) is 26.0. The molecule has 1 aliphatic carbocycles. The third-order valence-corrected chi connectivity index (χ3v) is 12.4. The predicted octanol–water partition coefficient (Wildman–Crippen LogP) is 13.2. The second-order valence-electron chi connectivity index (χ2n) is 14.6. The standard InChI is InChI=1S/C49H33N3S/c1-49(2)40-22-11-9-20-36(40)46-43(49)38-26-25-35-39-29-34(33-19-13-18-32(28-33)30-14-5-3-6-15-30)24-27-42(39)52(45(35)47(38)53-46)48-50-41-23-12-10-21-37(41)44(51-48)31-16-7-4-8-17-31/h3-29H,1-2H3. The Morgan fingerprint density at radius 1 is 0.509 bits per heavy atom. The van der Waals surface area contributed by atoms with Gasteiger partial charge in [-0.3, -0.25) is 4.57 Å². The second-order valence-corrected chi connectivity index (χ2v) is 15.6. The van der Waals surface area contributed by atoms with Gasteiger partial charge in [-0.15, -0.1) is 11.3 Å². The summed E-state index contributed by atoms with van der Waals surface area (Å²) in [4.78, 5) is 12.1. The lowest BCUT2D eigenvalue weighted by Crippen LogP contribution is -2.14. The van der Waals surface area contributed by atoms with E-state index in [2.05, 4.69) is 182 Å². The predicted molar refractivity (Wildman–Crippen MR) is 223 cm³/mol. The van der Waals surface area contributed by atoms with E-state index in [4.69, 9.17) is 9.97 Å². The molecular weight excluding hydrogens is 663 g/mol. The highest BCUT2D eigenvalue weighted by Crippen LogP contribution is 2.56. The summed E-state index contributed by atoms with van der Waals surface area (Å²) < 4.78 is 3.61. The molecule has 11 rings (SSSR count). The van der Waals surface area contributed by atoms with E-state index in [0.29, 0.717) is 5.95 Å². The third-order valence-electron chi connectivity index (χ3n) is 11.2. The van der Waals surface area contributed by atoms with Gasteiger partial charge in [0.2, 0.25) is 5.95 Å². The third kappa shape index (κ3) is 4.46. The Balaban J connectivity index is 1.23. The van der Waals surface area contributed by atoms with E-state index in [1.807, 2.05) is 11.3 Å². The van der Waals surface area contributed by atoms with Crippen LogP contribution in [0, 0.1) is 0 Å². The number of hydrogen-bond acceptors (Lipinski definition) is 3. The molecule has 7 aromatic carbocycles. The number of hydrogen-bond donors (Lipinski definition) is 0. The van der Waals surface area contributed by atoms with Crippen molar-refractivity contribution in [2.45, 2.75) is 19.3 Å². The van der Waals surface area contributed by atoms with Gasteiger partial charge >= 0.3 is 0 Å². The molecule has 0 unspecified atom stereocenters. The highest BCUT2D eigenvalue weighted by Gasteiger charge is 2.39. The number of para-hydroxylation sites is 1. The zero-order chi connectivity index (χ0) is 35.3. The number of benzene rings is 7. The highest BCUT2D eigenvalue weighted by atomic mass is 32.1. The molecule has 10 aromatic rings. The molecule has 3 aromatic heterocycles. The van der Waals surface area contributed by atoms with Gasteiger partial charge in [0.1, 0.15) is 0 Å². The van der Waals surface area contributed by atoms with Crippen LogP contribution >= 0.6 is 11.3 Å². The minimum absolute atomic E-state index is 0.106. The minimum atomic E-state index is -0.106. The smallest absolute Gasteiger partial charge is 0.235 e. The summed E-state index contributed by atoms with van der Waals surface area (Å²) in [5, 5.41) is 4.75. The fraction of sp³-hybridized carbons (Fsp3) is 0.0612. The molecule has 3 heterocycles. The Kier molecular flexibility index (Phi) is 6.47. The number of nitrogens with zero attached hydrogens (tertiary/aromatic N) is 3. The lowest BCUT2D eigenvalue weighted by Gasteiger charge is -2.21. The van der Waals surface area contributed by atoms with Crippen molar-refractivity contribution in [3.63, 3.8) is 0 Å². The average Bonchev–Trinajstić information content (AvgIpc) is 3.84. The molecule has 250 valence electrons. The van der Waals surface area contributed by atoms with Gasteiger partial charge in [-0.05, 0) is 68.6 Å². The average molecular weight is 696 g/mol. The Morgan fingerprint density at radius 3 is 2.00 bits per heavy atom. The summed E-state index contributed by atoms with van der Waals surface area (Å²) in [5.41, 5.74) is 14.1. The van der Waals surface area contributed by atoms with Crippen molar-refractivity contribution in [3.05, 3.63) is 175 Å². The van der Waals surface area contributed by atoms with E-state index < -0.39 is 0 Å². The maximum atomic E-state index is 5.43. The van der Waals surface area contributed by atoms with Crippen molar-refractivity contribution in [2.75, 3.05) is 0 Å². The number of aromatic nitrogens is 3. The molecule has 0 fully saturated rings. The van der Waals surface area contributed by atoms with Crippen LogP contribution in [0.1, 0.15) is 25.0 Å². The van der Waals surface area contributed by atoms with Crippen molar-refractivity contribution >= 4 is 54.1 Å². The van der Waals surface area contributed by atoms with Crippen molar-refractivity contribution in [3.8, 4) is 49.9 Å². The molecule has 1 aliphatic rings. The Bertz CT molecular complexity index is 3080. The van der Waals surface area contributed by atoms with Crippen LogP contribution < -0.4 is 0 Å². The van der Waals surface area contributed by atoms with E-state index in [-0.39, 0.29) is 5.41 Å². The van der Waals surface area contributed by atoms with Crippen LogP contribution in [0.5, 0.6) is 0 Å². The topological polar surface area (TPSA) is 30.7 Å². The summed E-state index contributed by atoms with van der Waals surface area (Å²) in [6.45, 7) is 4.75. The van der Waals surface area contributed by atoms with Crippen LogP contribution in [0.25, 0.3) is 92.7 Å². The van der Waals surface area contributed by atoms with Crippen molar-refractivity contribution in [1.29, 1.82) is 0 Å². The molecule has 3 nitrogen and oxygen atoms in total. The molecule has 0 amide bonds. The highest BCUT2D eigenvalue weighted by molar-refractivity contribution is 7.23. The molecule has 0 radical (unpaired) electrons. The molecule has 0 N–H and O–H groups in total. The van der Waals surface area contributed by atoms with Crippen molar-refractivity contribution < 1.29 is 0 Å². The maximum Gasteiger partial charge on any atom is 0.235 e. The molecule has 53 heavy (non-hydrogen) atoms. The minimum Gasteiger partial charge on any atom is -0.276 e. The van der Waals surface area contributed by atoms with E-state index in [9.17, 15) is 0 Å². The van der Waals surface area contributed by atoms with Gasteiger partial charge in [-0.1, -0.05) is 153 Å². The molecule has 0 bridgehead atoms. The van der Waals surface area contributed by atoms with Crippen LogP contribution in [0.2, 0.25) is 0 Å². The molecule has 0 saturated carbocycles. The lowest BCUT2D eigenvalue weighted by molar-refractivity contribution is 0.667. The van der Waals surface area contributed by atoms with Gasteiger partial charge in [0.05, 0.1) is 26.9 Å². The monoisotopic (exact) mass is 695 g/mol. The zero-order valence-corrected chi connectivity index (χ0v) is 30.2. The molecule has 0 aliphatic heterocycles. The first-order valence-electron chi connectivity index (χ1n) is 18.2. The molecule has 4 heteroatoms. The summed E-state index contributed by atoms with van der Waals surface area (Å²) in [5.74, 6) is 0.682. The van der Waals surface area contributed by atoms with Gasteiger partial charge in [0.15, 0.2) is 0 Å². The van der Waals surface area contributed by atoms with E-state index in [0.717, 1.165) is 33.2 Å². The normalized spacial score (nSPS) is 13.2. The van der Waals surface area contributed by atoms with Crippen LogP contribution in [-0.2, 0) is 5.41 Å². The van der Waals surface area contributed by atoms with Crippen LogP contribution in [0.4, 0.5) is 0 Å². The van der Waals surface area contributed by atoms with Crippen molar-refractivity contribution in [2.24, 2.45) is 0 Å². The molecule has 0 spiro atoms. The summed E-state index contributed by atoms with van der Waals surface area (Å²) in [6.07, 6.45) is 0. The lowest BCUT2D eigenvalue weighted by atomic mass is 9.81. The first-order valence-corrected chi connectivity index (χ1v) is 19.0. The summed E-state index contributed by atoms with van der Waals surface area (Å²) in [6, 6.07) is 58.9. The number of fused-ring (bicyclic) bond motifs is 10. The van der Waals surface area contributed by atoms with Crippen molar-refractivity contribution in [1.82, 2.24) is 14.5 Å². The van der Waals surface area contributed by atoms with Crippen LogP contribution in [-0.4, -0.2) is 14.5 Å². The van der Waals surface area contributed by atoms with E-state index in [1.165, 1.54) is 64.7 Å². The summed E-state index contributed by atoms with van der Waals surface area (Å²) in [7, 11) is 0. The van der Waals surface area contributed by atoms with Gasteiger partial charge in [-0.2, -0.15) is 0 Å². The SMILES string of the molecule is CC1(C)c2ccccc2-c2sc3c(ccc4c5cc(-c6cccc(-c7ccccc7)c6)ccc5n(-c5nc(-c6ccccc6)c6ccccc6n5)c43)c21. The first kappa shape index (κ1) is 30.3.